The van der Waals surface area contributed by atoms with Gasteiger partial charge in [-0.1, -0.05) is 24.3 Å². The van der Waals surface area contributed by atoms with Gasteiger partial charge in [0, 0.05) is 12.1 Å². The second-order valence-corrected chi connectivity index (χ2v) is 5.97. The molecule has 6 nitrogen and oxygen atoms in total. The average Bonchev–Trinajstić information content (AvgIpc) is 2.99. The molecule has 0 spiro atoms. The Balaban J connectivity index is 1.78. The molecule has 3 rings (SSSR count). The quantitative estimate of drug-likeness (QED) is 0.516. The third-order valence-corrected chi connectivity index (χ3v) is 4.11. The maximum Gasteiger partial charge on any atom is 0.252 e. The van der Waals surface area contributed by atoms with Crippen LogP contribution in [0.1, 0.15) is 32.9 Å². The van der Waals surface area contributed by atoms with Crippen LogP contribution in [0.15, 0.2) is 48.5 Å². The zero-order valence-electron chi connectivity index (χ0n) is 13.7. The third kappa shape index (κ3) is 3.98. The molecule has 0 aliphatic rings. The minimum Gasteiger partial charge on any atom is -0.508 e. The van der Waals surface area contributed by atoms with Crippen LogP contribution in [0, 0.1) is 0 Å². The Morgan fingerprint density at radius 2 is 1.64 bits per heavy atom. The number of amides is 1. The van der Waals surface area contributed by atoms with E-state index < -0.39 is 5.91 Å². The number of phenolic OH excluding ortho intramolecular Hbond substituents is 1. The molecule has 3 aromatic rings. The van der Waals surface area contributed by atoms with Crippen LogP contribution in [-0.2, 0) is 19.3 Å². The van der Waals surface area contributed by atoms with Crippen LogP contribution in [0.3, 0.4) is 0 Å². The van der Waals surface area contributed by atoms with E-state index in [1.54, 1.807) is 12.1 Å². The van der Waals surface area contributed by atoms with E-state index in [-0.39, 0.29) is 5.75 Å². The van der Waals surface area contributed by atoms with Crippen molar-refractivity contribution in [2.45, 2.75) is 19.3 Å². The number of nitrogen functional groups attached to an aromatic ring is 1. The van der Waals surface area contributed by atoms with Gasteiger partial charge in [0.25, 0.3) is 5.91 Å². The summed E-state index contributed by atoms with van der Waals surface area (Å²) >= 11 is 0. The van der Waals surface area contributed by atoms with Crippen molar-refractivity contribution in [2.75, 3.05) is 5.73 Å². The smallest absolute Gasteiger partial charge is 0.252 e. The number of phenols is 1. The van der Waals surface area contributed by atoms with E-state index in [4.69, 9.17) is 11.5 Å². The monoisotopic (exact) mass is 336 g/mol. The Morgan fingerprint density at radius 1 is 1.00 bits per heavy atom. The number of aromatic nitrogens is 2. The van der Waals surface area contributed by atoms with E-state index in [0.717, 1.165) is 11.1 Å². The number of nitrogens with one attached hydrogen (secondary N) is 1. The first-order chi connectivity index (χ1) is 12.0. The van der Waals surface area contributed by atoms with Crippen LogP contribution in [0.25, 0.3) is 0 Å². The largest absolute Gasteiger partial charge is 0.508 e. The van der Waals surface area contributed by atoms with Gasteiger partial charge < -0.3 is 16.6 Å². The Bertz CT molecular complexity index is 867. The van der Waals surface area contributed by atoms with Crippen LogP contribution < -0.4 is 11.5 Å². The van der Waals surface area contributed by atoms with Crippen molar-refractivity contribution >= 4 is 11.6 Å². The van der Waals surface area contributed by atoms with Crippen molar-refractivity contribution in [3.63, 3.8) is 0 Å². The highest BCUT2D eigenvalue weighted by Crippen LogP contribution is 2.19. The van der Waals surface area contributed by atoms with Gasteiger partial charge in [0.05, 0.1) is 17.0 Å². The Morgan fingerprint density at radius 3 is 2.28 bits per heavy atom. The number of aryl methyl sites for hydroxylation is 2. The van der Waals surface area contributed by atoms with Crippen LogP contribution >= 0.6 is 0 Å². The van der Waals surface area contributed by atoms with Gasteiger partial charge in [0.2, 0.25) is 0 Å². The molecule has 2 aromatic carbocycles. The molecule has 1 aromatic heterocycles. The van der Waals surface area contributed by atoms with E-state index in [9.17, 15) is 9.90 Å². The molecule has 0 saturated heterocycles. The summed E-state index contributed by atoms with van der Waals surface area (Å²) in [6.45, 7) is 0. The van der Waals surface area contributed by atoms with Gasteiger partial charge in [-0.2, -0.15) is 5.10 Å². The first-order valence-electron chi connectivity index (χ1n) is 8.01. The number of primary amides is 1. The Labute approximate surface area is 145 Å². The van der Waals surface area contributed by atoms with Crippen molar-refractivity contribution in [1.82, 2.24) is 10.2 Å². The lowest BCUT2D eigenvalue weighted by Gasteiger charge is -2.04. The number of H-pyrrole nitrogens is 1. The van der Waals surface area contributed by atoms with Crippen LogP contribution in [0.4, 0.5) is 5.69 Å². The van der Waals surface area contributed by atoms with Crippen molar-refractivity contribution in [3.05, 3.63) is 76.6 Å². The Kier molecular flexibility index (Phi) is 4.70. The van der Waals surface area contributed by atoms with Gasteiger partial charge in [-0.15, -0.1) is 0 Å². The highest BCUT2D eigenvalue weighted by Gasteiger charge is 2.18. The molecule has 25 heavy (non-hydrogen) atoms. The van der Waals surface area contributed by atoms with E-state index in [1.807, 2.05) is 36.4 Å². The number of benzene rings is 2. The summed E-state index contributed by atoms with van der Waals surface area (Å²) in [4.78, 5) is 11.9. The summed E-state index contributed by atoms with van der Waals surface area (Å²) in [7, 11) is 0. The van der Waals surface area contributed by atoms with E-state index in [0.29, 0.717) is 41.9 Å². The number of hydrogen-bond acceptors (Lipinski definition) is 4. The summed E-state index contributed by atoms with van der Waals surface area (Å²) in [5.74, 6) is -0.257. The fourth-order valence-electron chi connectivity index (χ4n) is 2.79. The van der Waals surface area contributed by atoms with Gasteiger partial charge in [-0.3, -0.25) is 9.89 Å². The number of carbonyl (C=O) groups is 1. The topological polar surface area (TPSA) is 118 Å². The molecular weight excluding hydrogens is 316 g/mol. The van der Waals surface area contributed by atoms with E-state index >= 15 is 0 Å². The number of rotatable bonds is 6. The highest BCUT2D eigenvalue weighted by atomic mass is 16.3. The SMILES string of the molecule is NC(=O)c1c(CCc2ccc(O)cc2)n[nH]c1Cc1ccc(N)cc1. The molecule has 0 radical (unpaired) electrons. The fraction of sp³-hybridized carbons (Fsp3) is 0.158. The number of aromatic hydroxyl groups is 1. The highest BCUT2D eigenvalue weighted by molar-refractivity contribution is 5.95. The van der Waals surface area contributed by atoms with Gasteiger partial charge in [-0.05, 0) is 48.2 Å². The molecule has 6 heteroatoms. The molecule has 6 N–H and O–H groups in total. The predicted octanol–water partition coefficient (Wildman–Crippen LogP) is 2.17. The van der Waals surface area contributed by atoms with Crippen LogP contribution in [0.5, 0.6) is 5.75 Å². The number of anilines is 1. The van der Waals surface area contributed by atoms with Gasteiger partial charge >= 0.3 is 0 Å². The maximum atomic E-state index is 11.9. The number of aromatic amines is 1. The van der Waals surface area contributed by atoms with E-state index in [2.05, 4.69) is 10.2 Å². The second kappa shape index (κ2) is 7.09. The van der Waals surface area contributed by atoms with Crippen molar-refractivity contribution in [3.8, 4) is 5.75 Å². The molecule has 128 valence electrons. The fourth-order valence-corrected chi connectivity index (χ4v) is 2.79. The first-order valence-corrected chi connectivity index (χ1v) is 8.01. The number of nitrogens with zero attached hydrogens (tertiary/aromatic N) is 1. The van der Waals surface area contributed by atoms with Crippen molar-refractivity contribution in [2.24, 2.45) is 5.73 Å². The predicted molar refractivity (Wildman–Crippen MR) is 96.3 cm³/mol. The van der Waals surface area contributed by atoms with E-state index in [1.165, 1.54) is 0 Å². The second-order valence-electron chi connectivity index (χ2n) is 5.97. The molecule has 0 saturated carbocycles. The molecule has 0 unspecified atom stereocenters. The van der Waals surface area contributed by atoms with Crippen LogP contribution in [-0.4, -0.2) is 21.2 Å². The first kappa shape index (κ1) is 16.6. The molecule has 0 bridgehead atoms. The van der Waals surface area contributed by atoms with Gasteiger partial charge in [0.15, 0.2) is 0 Å². The number of hydrogen-bond donors (Lipinski definition) is 4. The van der Waals surface area contributed by atoms with Gasteiger partial charge in [-0.25, -0.2) is 0 Å². The molecule has 0 aliphatic carbocycles. The lowest BCUT2D eigenvalue weighted by Crippen LogP contribution is -2.15. The molecule has 1 amide bonds. The third-order valence-electron chi connectivity index (χ3n) is 4.11. The minimum atomic E-state index is -0.486. The lowest BCUT2D eigenvalue weighted by atomic mass is 10.0. The normalized spacial score (nSPS) is 10.7. The average molecular weight is 336 g/mol. The summed E-state index contributed by atoms with van der Waals surface area (Å²) in [5.41, 5.74) is 15.9. The zero-order chi connectivity index (χ0) is 17.8. The number of nitrogens with two attached hydrogens (primary N) is 2. The molecule has 0 aliphatic heterocycles. The van der Waals surface area contributed by atoms with Gasteiger partial charge in [0.1, 0.15) is 5.75 Å². The summed E-state index contributed by atoms with van der Waals surface area (Å²) in [6, 6.07) is 14.4. The molecule has 0 atom stereocenters. The summed E-state index contributed by atoms with van der Waals surface area (Å²) in [5, 5.41) is 16.6. The summed E-state index contributed by atoms with van der Waals surface area (Å²) < 4.78 is 0. The Hall–Kier alpha value is -3.28. The summed E-state index contributed by atoms with van der Waals surface area (Å²) in [6.07, 6.45) is 1.82. The van der Waals surface area contributed by atoms with Crippen molar-refractivity contribution < 1.29 is 9.90 Å². The molecule has 1 heterocycles. The zero-order valence-corrected chi connectivity index (χ0v) is 13.7. The maximum absolute atomic E-state index is 11.9. The minimum absolute atomic E-state index is 0.229. The van der Waals surface area contributed by atoms with Crippen LogP contribution in [0.2, 0.25) is 0 Å². The standard InChI is InChI=1S/C19H20N4O2/c20-14-6-1-13(2-7-14)11-17-18(19(21)25)16(22-23-17)10-5-12-3-8-15(24)9-4-12/h1-4,6-9,24H,5,10-11,20H2,(H2,21,25)(H,22,23). The lowest BCUT2D eigenvalue weighted by molar-refractivity contribution is 0.0998. The molecule has 0 fully saturated rings. The molecular formula is C19H20N4O2. The number of carbonyl (C=O) groups excluding carboxylic acids is 1. The van der Waals surface area contributed by atoms with Crippen molar-refractivity contribution in [1.29, 1.82) is 0 Å².